The van der Waals surface area contributed by atoms with Gasteiger partial charge in [0, 0.05) is 11.6 Å². The smallest absolute Gasteiger partial charge is 0.271 e. The van der Waals surface area contributed by atoms with Crippen LogP contribution in [0.3, 0.4) is 0 Å². The third kappa shape index (κ3) is 4.65. The molecule has 5 heteroatoms. The molecule has 0 fully saturated rings. The number of carbonyl (C=O) groups excluding carboxylic acids is 2. The van der Waals surface area contributed by atoms with Crippen molar-refractivity contribution in [2.45, 2.75) is 53.0 Å². The molecule has 0 unspecified atom stereocenters. The number of amides is 2. The molecule has 1 aromatic rings. The minimum absolute atomic E-state index is 0.0189. The molecule has 1 heterocycles. The number of imide groups is 1. The summed E-state index contributed by atoms with van der Waals surface area (Å²) in [7, 11) is 0. The van der Waals surface area contributed by atoms with Crippen LogP contribution in [-0.2, 0) is 9.59 Å². The molecule has 1 aliphatic heterocycles. The number of ether oxygens (including phenoxy) is 1. The summed E-state index contributed by atoms with van der Waals surface area (Å²) in [6, 6.07) is 9.08. The van der Waals surface area contributed by atoms with Gasteiger partial charge in [0.1, 0.15) is 17.4 Å². The molecule has 0 saturated carbocycles. The Morgan fingerprint density at radius 3 is 2.37 bits per heavy atom. The summed E-state index contributed by atoms with van der Waals surface area (Å²) >= 11 is 0. The van der Waals surface area contributed by atoms with Crippen molar-refractivity contribution in [3.05, 3.63) is 46.5 Å². The summed E-state index contributed by atoms with van der Waals surface area (Å²) in [5.74, 6) is -0.110. The Morgan fingerprint density at radius 2 is 1.81 bits per heavy atom. The van der Waals surface area contributed by atoms with Gasteiger partial charge in [-0.1, -0.05) is 31.9 Å². The Labute approximate surface area is 160 Å². The van der Waals surface area contributed by atoms with Gasteiger partial charge in [-0.3, -0.25) is 14.5 Å². The Kier molecular flexibility index (Phi) is 6.95. The second-order valence-electron chi connectivity index (χ2n) is 6.87. The third-order valence-electron chi connectivity index (χ3n) is 4.50. The minimum Gasteiger partial charge on any atom is -0.494 e. The van der Waals surface area contributed by atoms with Crippen LogP contribution < -0.4 is 4.74 Å². The Bertz CT molecular complexity index is 811. The lowest BCUT2D eigenvalue weighted by Gasteiger charge is -2.30. The Morgan fingerprint density at radius 1 is 1.15 bits per heavy atom. The molecule has 1 aromatic carbocycles. The van der Waals surface area contributed by atoms with Gasteiger partial charge in [0.2, 0.25) is 0 Å². The summed E-state index contributed by atoms with van der Waals surface area (Å²) < 4.78 is 5.70. The Hall–Kier alpha value is -2.87. The third-order valence-corrected chi connectivity index (χ3v) is 4.50. The zero-order chi connectivity index (χ0) is 20.0. The molecular formula is C22H26N2O3. The normalized spacial score (nSPS) is 16.3. The summed E-state index contributed by atoms with van der Waals surface area (Å²) in [4.78, 5) is 26.3. The summed E-state index contributed by atoms with van der Waals surface area (Å²) in [5.41, 5.74) is 1.63. The first-order valence-electron chi connectivity index (χ1n) is 9.34. The molecule has 0 N–H and O–H groups in total. The number of benzene rings is 1. The summed E-state index contributed by atoms with van der Waals surface area (Å²) in [6.07, 6.45) is 5.04. The first kappa shape index (κ1) is 20.4. The van der Waals surface area contributed by atoms with Crippen molar-refractivity contribution in [2.24, 2.45) is 0 Å². The van der Waals surface area contributed by atoms with Gasteiger partial charge >= 0.3 is 0 Å². The van der Waals surface area contributed by atoms with E-state index in [0.29, 0.717) is 17.8 Å². The van der Waals surface area contributed by atoms with E-state index in [1.165, 1.54) is 0 Å². The molecule has 0 aliphatic carbocycles. The summed E-state index contributed by atoms with van der Waals surface area (Å²) in [6.45, 7) is 7.99. The molecule has 5 nitrogen and oxygen atoms in total. The van der Waals surface area contributed by atoms with Gasteiger partial charge in [0.05, 0.1) is 6.61 Å². The topological polar surface area (TPSA) is 70.4 Å². The van der Waals surface area contributed by atoms with Gasteiger partial charge in [-0.2, -0.15) is 5.26 Å². The maximum Gasteiger partial charge on any atom is 0.271 e. The fraction of sp³-hybridized carbons (Fsp3) is 0.409. The van der Waals surface area contributed by atoms with Crippen LogP contribution in [0.25, 0.3) is 6.08 Å². The van der Waals surface area contributed by atoms with Crippen molar-refractivity contribution >= 4 is 17.9 Å². The highest BCUT2D eigenvalue weighted by atomic mass is 16.5. The molecule has 0 spiro atoms. The molecule has 27 heavy (non-hydrogen) atoms. The number of unbranched alkanes of at least 4 members (excludes halogenated alkanes) is 2. The Balaban J connectivity index is 2.28. The van der Waals surface area contributed by atoms with Crippen LogP contribution in [0, 0.1) is 11.3 Å². The molecule has 142 valence electrons. The van der Waals surface area contributed by atoms with Gasteiger partial charge in [0.15, 0.2) is 0 Å². The maximum atomic E-state index is 12.8. The van der Waals surface area contributed by atoms with Gasteiger partial charge in [-0.05, 0) is 56.5 Å². The van der Waals surface area contributed by atoms with E-state index >= 15 is 0 Å². The van der Waals surface area contributed by atoms with E-state index in [4.69, 9.17) is 4.74 Å². The van der Waals surface area contributed by atoms with Gasteiger partial charge in [-0.15, -0.1) is 0 Å². The SMILES string of the molecule is CCCCCOc1ccc(/C=C2/C(=O)N(C(C)C)C(=O)C(C#N)=C2C)cc1. The van der Waals surface area contributed by atoms with E-state index < -0.39 is 5.91 Å². The van der Waals surface area contributed by atoms with Crippen LogP contribution in [0.2, 0.25) is 0 Å². The van der Waals surface area contributed by atoms with E-state index in [1.54, 1.807) is 26.8 Å². The molecule has 0 bridgehead atoms. The zero-order valence-electron chi connectivity index (χ0n) is 16.4. The van der Waals surface area contributed by atoms with Crippen molar-refractivity contribution in [3.8, 4) is 11.8 Å². The number of hydrogen-bond donors (Lipinski definition) is 0. The van der Waals surface area contributed by atoms with Crippen LogP contribution in [0.15, 0.2) is 41.0 Å². The van der Waals surface area contributed by atoms with Crippen molar-refractivity contribution in [1.82, 2.24) is 4.90 Å². The second kappa shape index (κ2) is 9.18. The van der Waals surface area contributed by atoms with Crippen molar-refractivity contribution in [1.29, 1.82) is 5.26 Å². The van der Waals surface area contributed by atoms with Crippen molar-refractivity contribution in [3.63, 3.8) is 0 Å². The van der Waals surface area contributed by atoms with Crippen LogP contribution in [0.5, 0.6) is 5.75 Å². The second-order valence-corrected chi connectivity index (χ2v) is 6.87. The van der Waals surface area contributed by atoms with Gasteiger partial charge in [0.25, 0.3) is 11.8 Å². The quantitative estimate of drug-likeness (QED) is 0.411. The average Bonchev–Trinajstić information content (AvgIpc) is 2.63. The molecular weight excluding hydrogens is 340 g/mol. The lowest BCUT2D eigenvalue weighted by atomic mass is 9.93. The zero-order valence-corrected chi connectivity index (χ0v) is 16.4. The predicted octanol–water partition coefficient (Wildman–Crippen LogP) is 4.26. The predicted molar refractivity (Wildman–Crippen MR) is 105 cm³/mol. The van der Waals surface area contributed by atoms with Crippen molar-refractivity contribution in [2.75, 3.05) is 6.61 Å². The molecule has 2 rings (SSSR count). The molecule has 0 saturated heterocycles. The fourth-order valence-corrected chi connectivity index (χ4v) is 2.94. The molecule has 0 radical (unpaired) electrons. The highest BCUT2D eigenvalue weighted by Crippen LogP contribution is 2.28. The molecule has 0 atom stereocenters. The number of carbonyl (C=O) groups is 2. The number of rotatable bonds is 7. The maximum absolute atomic E-state index is 12.8. The first-order chi connectivity index (χ1) is 12.9. The molecule has 0 aromatic heterocycles. The standard InChI is InChI=1S/C22H26N2O3/c1-5-6-7-12-27-18-10-8-17(9-11-18)13-19-16(4)20(14-23)22(26)24(15(2)3)21(19)25/h8-11,13,15H,5-7,12H2,1-4H3/b19-13+. The van der Waals surface area contributed by atoms with Gasteiger partial charge in [-0.25, -0.2) is 0 Å². The van der Waals surface area contributed by atoms with Crippen LogP contribution >= 0.6 is 0 Å². The molecule has 2 amide bonds. The van der Waals surface area contributed by atoms with Crippen LogP contribution in [0.4, 0.5) is 0 Å². The lowest BCUT2D eigenvalue weighted by molar-refractivity contribution is -0.142. The van der Waals surface area contributed by atoms with Gasteiger partial charge < -0.3 is 4.74 Å². The highest BCUT2D eigenvalue weighted by molar-refractivity contribution is 6.19. The van der Waals surface area contributed by atoms with E-state index in [9.17, 15) is 14.9 Å². The molecule has 1 aliphatic rings. The largest absolute Gasteiger partial charge is 0.494 e. The van der Waals surface area contributed by atoms with E-state index in [1.807, 2.05) is 30.3 Å². The number of hydrogen-bond acceptors (Lipinski definition) is 4. The van der Waals surface area contributed by atoms with Crippen molar-refractivity contribution < 1.29 is 14.3 Å². The fourth-order valence-electron chi connectivity index (χ4n) is 2.94. The number of nitriles is 1. The van der Waals surface area contributed by atoms with Crippen LogP contribution in [0.1, 0.15) is 52.5 Å². The van der Waals surface area contributed by atoms with Crippen LogP contribution in [-0.4, -0.2) is 29.4 Å². The van der Waals surface area contributed by atoms with E-state index in [0.717, 1.165) is 35.5 Å². The minimum atomic E-state index is -0.525. The summed E-state index contributed by atoms with van der Waals surface area (Å²) in [5, 5.41) is 9.35. The first-order valence-corrected chi connectivity index (χ1v) is 9.34. The average molecular weight is 366 g/mol. The van der Waals surface area contributed by atoms with E-state index in [-0.39, 0.29) is 17.5 Å². The number of nitrogens with zero attached hydrogens (tertiary/aromatic N) is 2. The lowest BCUT2D eigenvalue weighted by Crippen LogP contribution is -2.46. The highest BCUT2D eigenvalue weighted by Gasteiger charge is 2.36. The monoisotopic (exact) mass is 366 g/mol. The van der Waals surface area contributed by atoms with E-state index in [2.05, 4.69) is 6.92 Å².